The summed E-state index contributed by atoms with van der Waals surface area (Å²) in [6.45, 7) is 0. The Kier molecular flexibility index (Phi) is 5.48. The minimum atomic E-state index is 0.639. The molecule has 0 bridgehead atoms. The highest BCUT2D eigenvalue weighted by atomic mass is 32.1. The molecule has 7 aromatic carbocycles. The highest BCUT2D eigenvalue weighted by Crippen LogP contribution is 2.44. The van der Waals surface area contributed by atoms with Crippen LogP contribution in [0.1, 0.15) is 0 Å². The molecule has 0 N–H and O–H groups in total. The lowest BCUT2D eigenvalue weighted by Crippen LogP contribution is -2.09. The van der Waals surface area contributed by atoms with Crippen molar-refractivity contribution in [1.82, 2.24) is 4.98 Å². The average molecular weight is 649 g/mol. The molecule has 4 heterocycles. The van der Waals surface area contributed by atoms with Gasteiger partial charge in [0.2, 0.25) is 5.89 Å². The van der Waals surface area contributed by atoms with E-state index >= 15 is 0 Å². The number of anilines is 3. The number of thiophene rings is 1. The van der Waals surface area contributed by atoms with Crippen LogP contribution in [0.25, 0.3) is 86.6 Å². The summed E-state index contributed by atoms with van der Waals surface area (Å²) < 4.78 is 21.0. The summed E-state index contributed by atoms with van der Waals surface area (Å²) in [5, 5.41) is 6.73. The quantitative estimate of drug-likeness (QED) is 0.190. The van der Waals surface area contributed by atoms with E-state index in [0.717, 1.165) is 77.6 Å². The highest BCUT2D eigenvalue weighted by molar-refractivity contribution is 7.25. The molecule has 0 atom stereocenters. The molecule has 5 nitrogen and oxygen atoms in total. The second-order valence-corrected chi connectivity index (χ2v) is 13.5. The Balaban J connectivity index is 1.10. The topological polar surface area (TPSA) is 55.6 Å². The van der Waals surface area contributed by atoms with Gasteiger partial charge in [0.25, 0.3) is 0 Å². The predicted molar refractivity (Wildman–Crippen MR) is 202 cm³/mol. The van der Waals surface area contributed by atoms with Crippen molar-refractivity contribution < 1.29 is 13.3 Å². The lowest BCUT2D eigenvalue weighted by Gasteiger charge is -2.25. The molecule has 0 spiro atoms. The van der Waals surface area contributed by atoms with Crippen LogP contribution in [0.15, 0.2) is 159 Å². The molecule has 0 amide bonds. The van der Waals surface area contributed by atoms with Crippen LogP contribution in [0, 0.1) is 0 Å². The molecule has 0 aliphatic rings. The van der Waals surface area contributed by atoms with Crippen LogP contribution in [-0.4, -0.2) is 4.98 Å². The zero-order valence-electron chi connectivity index (χ0n) is 25.9. The van der Waals surface area contributed by atoms with E-state index in [1.165, 1.54) is 20.2 Å². The maximum Gasteiger partial charge on any atom is 0.227 e. The van der Waals surface area contributed by atoms with Crippen molar-refractivity contribution in [2.75, 3.05) is 4.90 Å². The largest absolute Gasteiger partial charge is 0.456 e. The van der Waals surface area contributed by atoms with E-state index in [-0.39, 0.29) is 0 Å². The number of para-hydroxylation sites is 2. The summed E-state index contributed by atoms with van der Waals surface area (Å²) in [7, 11) is 0. The van der Waals surface area contributed by atoms with Crippen molar-refractivity contribution in [1.29, 1.82) is 0 Å². The molecular weight excluding hydrogens is 625 g/mol. The number of nitrogens with zero attached hydrogens (tertiary/aromatic N) is 2. The van der Waals surface area contributed by atoms with Crippen molar-refractivity contribution in [2.45, 2.75) is 0 Å². The molecule has 0 saturated heterocycles. The van der Waals surface area contributed by atoms with E-state index in [1.807, 2.05) is 54.6 Å². The van der Waals surface area contributed by atoms with Gasteiger partial charge in [-0.15, -0.1) is 11.3 Å². The Hall–Kier alpha value is -6.37. The number of benzene rings is 7. The van der Waals surface area contributed by atoms with E-state index < -0.39 is 0 Å². The van der Waals surface area contributed by atoms with Gasteiger partial charge in [-0.05, 0) is 84.9 Å². The van der Waals surface area contributed by atoms with E-state index in [2.05, 4.69) is 95.9 Å². The Morgan fingerprint density at radius 1 is 0.408 bits per heavy atom. The van der Waals surface area contributed by atoms with E-state index in [1.54, 1.807) is 11.3 Å². The van der Waals surface area contributed by atoms with Crippen LogP contribution in [0.3, 0.4) is 0 Å². The first-order valence-corrected chi connectivity index (χ1v) is 17.0. The molecule has 230 valence electrons. The fourth-order valence-electron chi connectivity index (χ4n) is 7.18. The van der Waals surface area contributed by atoms with Gasteiger partial charge < -0.3 is 18.2 Å². The number of hydrogen-bond donors (Lipinski definition) is 0. The number of rotatable bonds is 4. The summed E-state index contributed by atoms with van der Waals surface area (Å²) in [4.78, 5) is 7.15. The van der Waals surface area contributed by atoms with Gasteiger partial charge in [0.15, 0.2) is 5.58 Å². The van der Waals surface area contributed by atoms with Gasteiger partial charge in [0.05, 0.1) is 0 Å². The van der Waals surface area contributed by atoms with Gasteiger partial charge in [0, 0.05) is 64.3 Å². The van der Waals surface area contributed by atoms with Crippen molar-refractivity contribution >= 4 is 104 Å². The molecule has 11 rings (SSSR count). The SMILES string of the molecule is c1ccc(-c2nc3cc4sc5cc(N(c6ccc7oc8ccccc8c7c6)c6ccc7oc8ccccc8c7c6)ccc5c4cc3o2)cc1. The normalized spacial score (nSPS) is 12.1. The third-order valence-corrected chi connectivity index (χ3v) is 10.6. The average Bonchev–Trinajstić information content (AvgIpc) is 3.92. The summed E-state index contributed by atoms with van der Waals surface area (Å²) in [5.41, 5.74) is 9.28. The molecule has 0 fully saturated rings. The highest BCUT2D eigenvalue weighted by Gasteiger charge is 2.19. The zero-order chi connectivity index (χ0) is 32.1. The molecular formula is C43H24N2O3S. The van der Waals surface area contributed by atoms with Gasteiger partial charge in [-0.1, -0.05) is 60.7 Å². The number of hydrogen-bond acceptors (Lipinski definition) is 6. The van der Waals surface area contributed by atoms with Gasteiger partial charge in [0.1, 0.15) is 27.8 Å². The van der Waals surface area contributed by atoms with Crippen molar-refractivity contribution in [3.63, 3.8) is 0 Å². The number of furan rings is 2. The van der Waals surface area contributed by atoms with E-state index in [9.17, 15) is 0 Å². The molecule has 0 saturated carbocycles. The van der Waals surface area contributed by atoms with Crippen molar-refractivity contribution in [2.24, 2.45) is 0 Å². The van der Waals surface area contributed by atoms with Crippen LogP contribution in [0.4, 0.5) is 17.1 Å². The minimum absolute atomic E-state index is 0.639. The van der Waals surface area contributed by atoms with Crippen LogP contribution < -0.4 is 4.90 Å². The van der Waals surface area contributed by atoms with Gasteiger partial charge >= 0.3 is 0 Å². The van der Waals surface area contributed by atoms with E-state index in [0.29, 0.717) is 5.89 Å². The predicted octanol–water partition coefficient (Wildman–Crippen LogP) is 13.1. The van der Waals surface area contributed by atoms with Gasteiger partial charge in [-0.25, -0.2) is 4.98 Å². The first kappa shape index (κ1) is 26.7. The molecule has 6 heteroatoms. The van der Waals surface area contributed by atoms with E-state index in [4.69, 9.17) is 18.2 Å². The Bertz CT molecular complexity index is 2960. The lowest BCUT2D eigenvalue weighted by molar-refractivity contribution is 0.620. The minimum Gasteiger partial charge on any atom is -0.456 e. The number of oxazole rings is 1. The second-order valence-electron chi connectivity index (χ2n) is 12.4. The third-order valence-electron chi connectivity index (χ3n) is 9.48. The smallest absolute Gasteiger partial charge is 0.227 e. The zero-order valence-corrected chi connectivity index (χ0v) is 26.7. The summed E-state index contributed by atoms with van der Waals surface area (Å²) in [6, 6.07) is 50.4. The maximum atomic E-state index is 6.25. The van der Waals surface area contributed by atoms with Crippen LogP contribution >= 0.6 is 11.3 Å². The summed E-state index contributed by atoms with van der Waals surface area (Å²) in [6.07, 6.45) is 0. The Morgan fingerprint density at radius 2 is 0.980 bits per heavy atom. The van der Waals surface area contributed by atoms with Crippen molar-refractivity contribution in [3.8, 4) is 11.5 Å². The summed E-state index contributed by atoms with van der Waals surface area (Å²) in [5.74, 6) is 0.639. The fraction of sp³-hybridized carbons (Fsp3) is 0. The Morgan fingerprint density at radius 3 is 1.67 bits per heavy atom. The molecule has 0 aliphatic heterocycles. The standard InChI is InChI=1S/C43H24N2O3S/c1-2-8-25(9-3-1)43-44-35-24-42-34(23-40(35)48-43)31-17-14-28(22-41(31)49-42)45(26-15-18-38-32(20-26)29-10-4-6-12-36(29)46-38)27-16-19-39-33(21-27)30-11-5-7-13-37(30)47-39/h1-24H. The second kappa shape index (κ2) is 10.1. The van der Waals surface area contributed by atoms with Crippen molar-refractivity contribution in [3.05, 3.63) is 146 Å². The molecule has 0 unspecified atom stereocenters. The van der Waals surface area contributed by atoms with Crippen LogP contribution in [0.2, 0.25) is 0 Å². The van der Waals surface area contributed by atoms with Gasteiger partial charge in [-0.3, -0.25) is 0 Å². The van der Waals surface area contributed by atoms with Gasteiger partial charge in [-0.2, -0.15) is 0 Å². The first-order chi connectivity index (χ1) is 24.2. The number of fused-ring (bicyclic) bond motifs is 10. The molecule has 11 aromatic rings. The molecule has 0 aliphatic carbocycles. The van der Waals surface area contributed by atoms with Crippen LogP contribution in [-0.2, 0) is 0 Å². The third kappa shape index (κ3) is 4.08. The van der Waals surface area contributed by atoms with Crippen LogP contribution in [0.5, 0.6) is 0 Å². The summed E-state index contributed by atoms with van der Waals surface area (Å²) >= 11 is 1.78. The lowest BCUT2D eigenvalue weighted by atomic mass is 10.1. The molecule has 49 heavy (non-hydrogen) atoms. The fourth-order valence-corrected chi connectivity index (χ4v) is 8.34. The first-order valence-electron chi connectivity index (χ1n) is 16.2. The Labute approximate surface area is 282 Å². The molecule has 4 aromatic heterocycles. The maximum absolute atomic E-state index is 6.25. The number of aromatic nitrogens is 1. The monoisotopic (exact) mass is 648 g/mol. The molecule has 0 radical (unpaired) electrons.